The Balaban J connectivity index is 1.27. The lowest BCUT2D eigenvalue weighted by atomic mass is 10.0. The molecule has 1 aromatic heterocycles. The van der Waals surface area contributed by atoms with Gasteiger partial charge in [-0.2, -0.15) is 0 Å². The molecule has 10 heteroatoms. The molecule has 5 rings (SSSR count). The highest BCUT2D eigenvalue weighted by Crippen LogP contribution is 2.47. The first-order valence-electron chi connectivity index (χ1n) is 10.5. The van der Waals surface area contributed by atoms with E-state index in [-0.39, 0.29) is 23.8 Å². The van der Waals surface area contributed by atoms with Crippen molar-refractivity contribution in [3.05, 3.63) is 71.9 Å². The van der Waals surface area contributed by atoms with Crippen LogP contribution in [-0.2, 0) is 20.8 Å². The highest BCUT2D eigenvalue weighted by molar-refractivity contribution is 6.16. The molecule has 34 heavy (non-hydrogen) atoms. The number of carbonyl (C=O) groups excluding carboxylic acids is 3. The van der Waals surface area contributed by atoms with Crippen molar-refractivity contribution in [2.45, 2.75) is 19.3 Å². The third-order valence-electron chi connectivity index (χ3n) is 5.74. The number of benzene rings is 2. The minimum atomic E-state index is -1.27. The van der Waals surface area contributed by atoms with Crippen LogP contribution >= 0.6 is 0 Å². The first-order chi connectivity index (χ1) is 16.3. The fraction of sp³-hybridized carbons (Fsp3) is 0.167. The van der Waals surface area contributed by atoms with Crippen LogP contribution in [0, 0.1) is 17.0 Å². The highest BCUT2D eigenvalue weighted by Gasteiger charge is 2.56. The van der Waals surface area contributed by atoms with E-state index in [1.807, 2.05) is 0 Å². The minimum absolute atomic E-state index is 0.0797. The molecule has 8 nitrogen and oxygen atoms in total. The summed E-state index contributed by atoms with van der Waals surface area (Å²) >= 11 is 0. The van der Waals surface area contributed by atoms with Crippen molar-refractivity contribution in [3.63, 3.8) is 0 Å². The summed E-state index contributed by atoms with van der Waals surface area (Å²) in [6, 6.07) is 10.6. The zero-order valence-corrected chi connectivity index (χ0v) is 17.7. The molecule has 3 aromatic rings. The van der Waals surface area contributed by atoms with Gasteiger partial charge in [-0.15, -0.1) is 0 Å². The third-order valence-corrected chi connectivity index (χ3v) is 5.74. The first-order valence-corrected chi connectivity index (χ1v) is 10.5. The van der Waals surface area contributed by atoms with Crippen LogP contribution in [0.4, 0.5) is 26.0 Å². The second kappa shape index (κ2) is 8.22. The number of carbonyl (C=O) groups is 3. The van der Waals surface area contributed by atoms with E-state index < -0.39 is 28.9 Å². The SMILES string of the molecule is O=C1Cc2c(Oc3ccc(NC(=O)C4(C(=O)Nc5ccc(F)cc5)CC4)cc3F)ccnc2N1. The molecule has 1 aliphatic heterocycles. The Hall–Kier alpha value is -4.34. The molecule has 0 unspecified atom stereocenters. The maximum absolute atomic E-state index is 14.7. The van der Waals surface area contributed by atoms with Crippen molar-refractivity contribution < 1.29 is 27.9 Å². The standard InChI is InChI=1S/C24H18F2N4O4/c25-13-1-3-14(4-2-13)28-22(32)24(8-9-24)23(33)29-15-5-6-19(17(26)11-15)34-18-7-10-27-21-16(18)12-20(31)30-21/h1-7,10-11H,8-9,12H2,(H,28,32)(H,29,33)(H,27,30,31). The quantitative estimate of drug-likeness (QED) is 0.478. The van der Waals surface area contributed by atoms with Gasteiger partial charge in [-0.3, -0.25) is 14.4 Å². The van der Waals surface area contributed by atoms with Crippen molar-refractivity contribution in [1.29, 1.82) is 0 Å². The molecule has 0 atom stereocenters. The topological polar surface area (TPSA) is 109 Å². The van der Waals surface area contributed by atoms with Gasteiger partial charge in [0.2, 0.25) is 17.7 Å². The molecule has 0 radical (unpaired) electrons. The molecule has 1 fully saturated rings. The van der Waals surface area contributed by atoms with E-state index >= 15 is 0 Å². The van der Waals surface area contributed by atoms with Gasteiger partial charge in [-0.25, -0.2) is 13.8 Å². The van der Waals surface area contributed by atoms with Crippen molar-refractivity contribution in [2.75, 3.05) is 16.0 Å². The summed E-state index contributed by atoms with van der Waals surface area (Å²) in [5.41, 5.74) is -0.200. The summed E-state index contributed by atoms with van der Waals surface area (Å²) in [5.74, 6) is -1.89. The van der Waals surface area contributed by atoms with Crippen LogP contribution in [0.25, 0.3) is 0 Å². The number of nitrogens with zero attached hydrogens (tertiary/aromatic N) is 1. The molecule has 0 spiro atoms. The monoisotopic (exact) mass is 464 g/mol. The van der Waals surface area contributed by atoms with Gasteiger partial charge in [0.15, 0.2) is 11.6 Å². The van der Waals surface area contributed by atoms with Crippen molar-refractivity contribution in [1.82, 2.24) is 4.98 Å². The van der Waals surface area contributed by atoms with Gasteiger partial charge in [0.25, 0.3) is 0 Å². The van der Waals surface area contributed by atoms with Crippen LogP contribution in [0.1, 0.15) is 18.4 Å². The van der Waals surface area contributed by atoms with Gasteiger partial charge in [0, 0.05) is 29.2 Å². The van der Waals surface area contributed by atoms with Crippen molar-refractivity contribution in [3.8, 4) is 11.5 Å². The summed E-state index contributed by atoms with van der Waals surface area (Å²) < 4.78 is 33.4. The van der Waals surface area contributed by atoms with Crippen molar-refractivity contribution in [2.24, 2.45) is 5.41 Å². The number of halogens is 2. The van der Waals surface area contributed by atoms with E-state index in [4.69, 9.17) is 4.74 Å². The fourth-order valence-electron chi connectivity index (χ4n) is 3.68. The van der Waals surface area contributed by atoms with Gasteiger partial charge in [0.05, 0.1) is 6.42 Å². The normalized spacial score (nSPS) is 15.2. The number of fused-ring (bicyclic) bond motifs is 1. The van der Waals surface area contributed by atoms with Crippen LogP contribution < -0.4 is 20.7 Å². The molecule has 3 amide bonds. The fourth-order valence-corrected chi connectivity index (χ4v) is 3.68. The van der Waals surface area contributed by atoms with E-state index in [0.717, 1.165) is 6.07 Å². The van der Waals surface area contributed by atoms with Crippen LogP contribution in [0.5, 0.6) is 11.5 Å². The summed E-state index contributed by atoms with van der Waals surface area (Å²) in [6.07, 6.45) is 2.21. The molecule has 2 aliphatic rings. The zero-order chi connectivity index (χ0) is 23.9. The molecule has 172 valence electrons. The summed E-state index contributed by atoms with van der Waals surface area (Å²) in [6.45, 7) is 0. The molecule has 0 saturated heterocycles. The van der Waals surface area contributed by atoms with E-state index in [1.54, 1.807) is 0 Å². The second-order valence-electron chi connectivity index (χ2n) is 8.11. The van der Waals surface area contributed by atoms with E-state index in [2.05, 4.69) is 20.9 Å². The maximum Gasteiger partial charge on any atom is 0.240 e. The highest BCUT2D eigenvalue weighted by atomic mass is 19.1. The van der Waals surface area contributed by atoms with Crippen LogP contribution in [0.15, 0.2) is 54.7 Å². The number of rotatable bonds is 6. The van der Waals surface area contributed by atoms with Gasteiger partial charge in [0.1, 0.15) is 22.8 Å². The number of hydrogen-bond donors (Lipinski definition) is 3. The maximum atomic E-state index is 14.7. The molecule has 1 aliphatic carbocycles. The Morgan fingerprint density at radius 2 is 1.62 bits per heavy atom. The Morgan fingerprint density at radius 1 is 0.941 bits per heavy atom. The van der Waals surface area contributed by atoms with E-state index in [0.29, 0.717) is 35.7 Å². The Kier molecular flexibility index (Phi) is 5.20. The predicted octanol–water partition coefficient (Wildman–Crippen LogP) is 4.00. The Labute approximate surface area is 192 Å². The molecule has 1 saturated carbocycles. The average Bonchev–Trinajstić information content (AvgIpc) is 3.53. The molecule has 3 N–H and O–H groups in total. The minimum Gasteiger partial charge on any atom is -0.454 e. The zero-order valence-electron chi connectivity index (χ0n) is 17.7. The Bertz CT molecular complexity index is 1320. The van der Waals surface area contributed by atoms with Crippen LogP contribution in [0.3, 0.4) is 0 Å². The van der Waals surface area contributed by atoms with E-state index in [9.17, 15) is 23.2 Å². The first kappa shape index (κ1) is 21.5. The molecular formula is C24H18F2N4O4. The number of anilines is 3. The molecule has 0 bridgehead atoms. The molecular weight excluding hydrogens is 446 g/mol. The van der Waals surface area contributed by atoms with Gasteiger partial charge < -0.3 is 20.7 Å². The van der Waals surface area contributed by atoms with Gasteiger partial charge >= 0.3 is 0 Å². The van der Waals surface area contributed by atoms with Gasteiger partial charge in [-0.05, 0) is 55.3 Å². The lowest BCUT2D eigenvalue weighted by Gasteiger charge is -2.16. The smallest absolute Gasteiger partial charge is 0.240 e. The number of nitrogens with one attached hydrogen (secondary N) is 3. The number of aromatic nitrogens is 1. The van der Waals surface area contributed by atoms with Crippen LogP contribution in [0.2, 0.25) is 0 Å². The number of ether oxygens (including phenoxy) is 1. The summed E-state index contributed by atoms with van der Waals surface area (Å²) in [7, 11) is 0. The average molecular weight is 464 g/mol. The van der Waals surface area contributed by atoms with Crippen molar-refractivity contribution >= 4 is 34.9 Å². The summed E-state index contributed by atoms with van der Waals surface area (Å²) in [4.78, 5) is 41.1. The second-order valence-corrected chi connectivity index (χ2v) is 8.11. The Morgan fingerprint density at radius 3 is 2.29 bits per heavy atom. The number of hydrogen-bond acceptors (Lipinski definition) is 5. The molecule has 2 heterocycles. The number of pyridine rings is 1. The third kappa shape index (κ3) is 4.05. The lowest BCUT2D eigenvalue weighted by Crippen LogP contribution is -2.35. The number of amides is 3. The largest absolute Gasteiger partial charge is 0.454 e. The van der Waals surface area contributed by atoms with Gasteiger partial charge in [-0.1, -0.05) is 0 Å². The summed E-state index contributed by atoms with van der Waals surface area (Å²) in [5, 5.41) is 7.79. The molecule has 2 aromatic carbocycles. The van der Waals surface area contributed by atoms with Crippen LogP contribution in [-0.4, -0.2) is 22.7 Å². The van der Waals surface area contributed by atoms with E-state index in [1.165, 1.54) is 48.7 Å². The lowest BCUT2D eigenvalue weighted by molar-refractivity contribution is -0.131. The predicted molar refractivity (Wildman–Crippen MR) is 118 cm³/mol.